The Hall–Kier alpha value is -1.84. The van der Waals surface area contributed by atoms with Crippen molar-refractivity contribution in [1.29, 1.82) is 0 Å². The zero-order valence-corrected chi connectivity index (χ0v) is 12.2. The summed E-state index contributed by atoms with van der Waals surface area (Å²) in [5.74, 6) is 0.493. The van der Waals surface area contributed by atoms with Crippen molar-refractivity contribution in [3.8, 4) is 0 Å². The van der Waals surface area contributed by atoms with Crippen LogP contribution in [0.2, 0.25) is 0 Å². The van der Waals surface area contributed by atoms with Crippen LogP contribution in [-0.2, 0) is 16.0 Å². The predicted molar refractivity (Wildman–Crippen MR) is 78.3 cm³/mol. The molecule has 1 unspecified atom stereocenters. The molecule has 0 aliphatic carbocycles. The summed E-state index contributed by atoms with van der Waals surface area (Å²) in [5.41, 5.74) is 2.41. The van der Waals surface area contributed by atoms with E-state index >= 15 is 0 Å². The Morgan fingerprint density at radius 3 is 2.90 bits per heavy atom. The van der Waals surface area contributed by atoms with Crippen molar-refractivity contribution >= 4 is 11.8 Å². The highest BCUT2D eigenvalue weighted by molar-refractivity contribution is 5.79. The fraction of sp³-hybridized carbons (Fsp3) is 0.500. The lowest BCUT2D eigenvalue weighted by molar-refractivity contribution is -0.126. The van der Waals surface area contributed by atoms with E-state index in [1.165, 1.54) is 11.1 Å². The largest absolute Gasteiger partial charge is 0.356 e. The van der Waals surface area contributed by atoms with Crippen molar-refractivity contribution in [2.45, 2.75) is 26.2 Å². The van der Waals surface area contributed by atoms with E-state index in [1.54, 1.807) is 4.90 Å². The minimum Gasteiger partial charge on any atom is -0.356 e. The zero-order valence-electron chi connectivity index (χ0n) is 12.2. The molecule has 1 aromatic rings. The first kappa shape index (κ1) is 14.6. The van der Waals surface area contributed by atoms with Gasteiger partial charge < -0.3 is 10.2 Å². The SMILES string of the molecule is Cc1cccc(CCC(=O)NCC2CC(=O)N(C)C2)c1. The molecule has 2 rings (SSSR count). The first-order chi connectivity index (χ1) is 9.54. The first-order valence-electron chi connectivity index (χ1n) is 7.11. The van der Waals surface area contributed by atoms with E-state index in [2.05, 4.69) is 24.4 Å². The van der Waals surface area contributed by atoms with Crippen molar-refractivity contribution in [2.24, 2.45) is 5.92 Å². The minimum absolute atomic E-state index is 0.0634. The molecule has 108 valence electrons. The number of rotatable bonds is 5. The molecule has 1 fully saturated rings. The lowest BCUT2D eigenvalue weighted by Gasteiger charge is -2.11. The normalized spacial score (nSPS) is 18.4. The molecule has 0 saturated carbocycles. The van der Waals surface area contributed by atoms with Crippen LogP contribution in [0.25, 0.3) is 0 Å². The number of benzene rings is 1. The van der Waals surface area contributed by atoms with Crippen molar-refractivity contribution in [1.82, 2.24) is 10.2 Å². The maximum Gasteiger partial charge on any atom is 0.222 e. The van der Waals surface area contributed by atoms with Gasteiger partial charge in [-0.1, -0.05) is 29.8 Å². The number of carbonyl (C=O) groups is 2. The molecule has 0 aromatic heterocycles. The van der Waals surface area contributed by atoms with Gasteiger partial charge in [0, 0.05) is 38.9 Å². The minimum atomic E-state index is 0.0634. The summed E-state index contributed by atoms with van der Waals surface area (Å²) in [4.78, 5) is 24.9. The fourth-order valence-electron chi connectivity index (χ4n) is 2.57. The number of hydrogen-bond acceptors (Lipinski definition) is 2. The molecular weight excluding hydrogens is 252 g/mol. The van der Waals surface area contributed by atoms with E-state index in [-0.39, 0.29) is 17.7 Å². The molecule has 1 aromatic carbocycles. The monoisotopic (exact) mass is 274 g/mol. The van der Waals surface area contributed by atoms with Gasteiger partial charge in [-0.3, -0.25) is 9.59 Å². The van der Waals surface area contributed by atoms with Gasteiger partial charge in [0.1, 0.15) is 0 Å². The molecule has 2 amide bonds. The Labute approximate surface area is 120 Å². The van der Waals surface area contributed by atoms with Crippen LogP contribution >= 0.6 is 0 Å². The first-order valence-corrected chi connectivity index (χ1v) is 7.11. The van der Waals surface area contributed by atoms with E-state index in [1.807, 2.05) is 19.2 Å². The highest BCUT2D eigenvalue weighted by Gasteiger charge is 2.26. The average molecular weight is 274 g/mol. The number of likely N-dealkylation sites (tertiary alicyclic amines) is 1. The molecule has 20 heavy (non-hydrogen) atoms. The molecule has 1 heterocycles. The number of nitrogens with one attached hydrogen (secondary N) is 1. The summed E-state index contributed by atoms with van der Waals surface area (Å²) >= 11 is 0. The van der Waals surface area contributed by atoms with Gasteiger partial charge in [-0.25, -0.2) is 0 Å². The highest BCUT2D eigenvalue weighted by atomic mass is 16.2. The van der Waals surface area contributed by atoms with Crippen LogP contribution in [0.5, 0.6) is 0 Å². The average Bonchev–Trinajstić information content (AvgIpc) is 2.73. The number of nitrogens with zero attached hydrogens (tertiary/aromatic N) is 1. The van der Waals surface area contributed by atoms with Crippen LogP contribution in [0.15, 0.2) is 24.3 Å². The number of aryl methyl sites for hydroxylation is 2. The lowest BCUT2D eigenvalue weighted by Crippen LogP contribution is -2.30. The standard InChI is InChI=1S/C16H22N2O2/c1-12-4-3-5-13(8-12)6-7-15(19)17-10-14-9-16(20)18(2)11-14/h3-5,8,14H,6-7,9-11H2,1-2H3,(H,17,19). The highest BCUT2D eigenvalue weighted by Crippen LogP contribution is 2.14. The lowest BCUT2D eigenvalue weighted by atomic mass is 10.1. The Bertz CT molecular complexity index is 499. The Morgan fingerprint density at radius 1 is 1.45 bits per heavy atom. The second kappa shape index (κ2) is 6.55. The summed E-state index contributed by atoms with van der Waals surface area (Å²) in [5, 5.41) is 2.93. The van der Waals surface area contributed by atoms with E-state index < -0.39 is 0 Å². The third-order valence-electron chi connectivity index (χ3n) is 3.73. The van der Waals surface area contributed by atoms with E-state index in [4.69, 9.17) is 0 Å². The van der Waals surface area contributed by atoms with Crippen molar-refractivity contribution in [3.63, 3.8) is 0 Å². The summed E-state index contributed by atoms with van der Waals surface area (Å²) in [7, 11) is 1.81. The van der Waals surface area contributed by atoms with Crippen LogP contribution in [0.3, 0.4) is 0 Å². The van der Waals surface area contributed by atoms with Crippen molar-refractivity contribution < 1.29 is 9.59 Å². The number of amides is 2. The summed E-state index contributed by atoms with van der Waals surface area (Å²) in [6.45, 7) is 3.40. The molecule has 4 heteroatoms. The maximum absolute atomic E-state index is 11.8. The van der Waals surface area contributed by atoms with Crippen molar-refractivity contribution in [2.75, 3.05) is 20.1 Å². The van der Waals surface area contributed by atoms with E-state index in [9.17, 15) is 9.59 Å². The molecule has 4 nitrogen and oxygen atoms in total. The van der Waals surface area contributed by atoms with E-state index in [0.29, 0.717) is 19.4 Å². The Morgan fingerprint density at radius 2 is 2.25 bits per heavy atom. The Balaban J connectivity index is 1.70. The Kier molecular flexibility index (Phi) is 4.77. The molecule has 1 N–H and O–H groups in total. The van der Waals surface area contributed by atoms with Crippen LogP contribution in [-0.4, -0.2) is 36.9 Å². The van der Waals surface area contributed by atoms with Crippen LogP contribution < -0.4 is 5.32 Å². The second-order valence-electron chi connectivity index (χ2n) is 5.64. The molecule has 0 bridgehead atoms. The van der Waals surface area contributed by atoms with Gasteiger partial charge in [-0.15, -0.1) is 0 Å². The van der Waals surface area contributed by atoms with Gasteiger partial charge in [0.05, 0.1) is 0 Å². The van der Waals surface area contributed by atoms with Gasteiger partial charge in [-0.2, -0.15) is 0 Å². The summed E-state index contributed by atoms with van der Waals surface area (Å²) in [6.07, 6.45) is 1.81. The van der Waals surface area contributed by atoms with Gasteiger partial charge in [-0.05, 0) is 18.9 Å². The maximum atomic E-state index is 11.8. The predicted octanol–water partition coefficient (Wildman–Crippen LogP) is 1.52. The number of hydrogen-bond donors (Lipinski definition) is 1. The molecule has 1 saturated heterocycles. The van der Waals surface area contributed by atoms with Gasteiger partial charge in [0.15, 0.2) is 0 Å². The zero-order chi connectivity index (χ0) is 14.5. The third-order valence-corrected chi connectivity index (χ3v) is 3.73. The van der Waals surface area contributed by atoms with Crippen LogP contribution in [0.4, 0.5) is 0 Å². The summed E-state index contributed by atoms with van der Waals surface area (Å²) < 4.78 is 0. The topological polar surface area (TPSA) is 49.4 Å². The molecule has 0 radical (unpaired) electrons. The van der Waals surface area contributed by atoms with Gasteiger partial charge >= 0.3 is 0 Å². The smallest absolute Gasteiger partial charge is 0.222 e. The molecule has 1 atom stereocenters. The molecule has 0 spiro atoms. The second-order valence-corrected chi connectivity index (χ2v) is 5.64. The van der Waals surface area contributed by atoms with Crippen molar-refractivity contribution in [3.05, 3.63) is 35.4 Å². The third kappa shape index (κ3) is 4.08. The molecule has 1 aliphatic rings. The van der Waals surface area contributed by atoms with Gasteiger partial charge in [0.25, 0.3) is 0 Å². The molecule has 1 aliphatic heterocycles. The fourth-order valence-corrected chi connectivity index (χ4v) is 2.57. The quantitative estimate of drug-likeness (QED) is 0.885. The van der Waals surface area contributed by atoms with Gasteiger partial charge in [0.2, 0.25) is 11.8 Å². The summed E-state index contributed by atoms with van der Waals surface area (Å²) in [6, 6.07) is 8.22. The van der Waals surface area contributed by atoms with Crippen LogP contribution in [0.1, 0.15) is 24.0 Å². The number of carbonyl (C=O) groups excluding carboxylic acids is 2. The van der Waals surface area contributed by atoms with Crippen LogP contribution in [0, 0.1) is 12.8 Å². The molecular formula is C16H22N2O2. The van der Waals surface area contributed by atoms with E-state index in [0.717, 1.165) is 13.0 Å².